The Hall–Kier alpha value is -1.10. The third-order valence-electron chi connectivity index (χ3n) is 1.26. The van der Waals surface area contributed by atoms with E-state index in [9.17, 15) is 9.59 Å². The number of carbonyl (C=O) groups excluding carboxylic acids is 1. The fourth-order valence-corrected chi connectivity index (χ4v) is 0.710. The van der Waals surface area contributed by atoms with Crippen LogP contribution in [0.1, 0.15) is 26.2 Å². The number of aliphatic hydroxyl groups excluding tert-OH is 1. The molecule has 13 heavy (non-hydrogen) atoms. The van der Waals surface area contributed by atoms with E-state index >= 15 is 0 Å². The Bertz CT molecular complexity index is 175. The molecule has 5 nitrogen and oxygen atoms in total. The number of carbonyl (C=O) groups is 2. The predicted molar refractivity (Wildman–Crippen MR) is 44.1 cm³/mol. The molecule has 0 heterocycles. The van der Waals surface area contributed by atoms with Crippen LogP contribution in [0, 0.1) is 0 Å². The van der Waals surface area contributed by atoms with E-state index in [-0.39, 0.29) is 19.4 Å². The lowest BCUT2D eigenvalue weighted by Gasteiger charge is -2.04. The highest BCUT2D eigenvalue weighted by molar-refractivity contribution is 5.70. The second-order valence-electron chi connectivity index (χ2n) is 2.77. The van der Waals surface area contributed by atoms with Crippen LogP contribution in [0.15, 0.2) is 0 Å². The van der Waals surface area contributed by atoms with Gasteiger partial charge >= 0.3 is 11.9 Å². The van der Waals surface area contributed by atoms with Crippen molar-refractivity contribution in [2.24, 2.45) is 0 Å². The Morgan fingerprint density at radius 2 is 2.08 bits per heavy atom. The van der Waals surface area contributed by atoms with Crippen molar-refractivity contribution in [3.63, 3.8) is 0 Å². The van der Waals surface area contributed by atoms with Crippen molar-refractivity contribution in [1.29, 1.82) is 0 Å². The van der Waals surface area contributed by atoms with E-state index in [0.29, 0.717) is 6.42 Å². The molecule has 76 valence electrons. The van der Waals surface area contributed by atoms with Crippen molar-refractivity contribution < 1.29 is 24.5 Å². The Morgan fingerprint density at radius 3 is 2.54 bits per heavy atom. The Labute approximate surface area is 76.3 Å². The zero-order chi connectivity index (χ0) is 10.3. The molecule has 0 radical (unpaired) electrons. The highest BCUT2D eigenvalue weighted by atomic mass is 16.5. The second kappa shape index (κ2) is 6.42. The maximum atomic E-state index is 10.8. The van der Waals surface area contributed by atoms with Gasteiger partial charge in [-0.25, -0.2) is 0 Å². The van der Waals surface area contributed by atoms with Crippen LogP contribution in [0.25, 0.3) is 0 Å². The molecule has 0 amide bonds. The minimum atomic E-state index is -0.911. The molecule has 0 fully saturated rings. The van der Waals surface area contributed by atoms with Gasteiger partial charge in [0.1, 0.15) is 0 Å². The number of aliphatic hydroxyl groups is 1. The molecule has 0 aromatic carbocycles. The van der Waals surface area contributed by atoms with E-state index in [0.717, 1.165) is 0 Å². The summed E-state index contributed by atoms with van der Waals surface area (Å²) in [5.41, 5.74) is 0. The highest BCUT2D eigenvalue weighted by Crippen LogP contribution is 1.95. The summed E-state index contributed by atoms with van der Waals surface area (Å²) in [4.78, 5) is 20.8. The largest absolute Gasteiger partial charge is 0.481 e. The number of hydrogen-bond donors (Lipinski definition) is 2. The first-order valence-electron chi connectivity index (χ1n) is 4.08. The molecule has 0 aliphatic rings. The Balaban J connectivity index is 3.32. The van der Waals surface area contributed by atoms with Crippen LogP contribution in [-0.2, 0) is 14.3 Å². The van der Waals surface area contributed by atoms with Gasteiger partial charge < -0.3 is 14.9 Å². The molecule has 0 saturated carbocycles. The van der Waals surface area contributed by atoms with Crippen LogP contribution >= 0.6 is 0 Å². The molecule has 1 atom stereocenters. The smallest absolute Gasteiger partial charge is 0.308 e. The molecule has 0 aliphatic heterocycles. The third kappa shape index (κ3) is 8.81. The maximum absolute atomic E-state index is 10.8. The van der Waals surface area contributed by atoms with Gasteiger partial charge in [0.25, 0.3) is 0 Å². The lowest BCUT2D eigenvalue weighted by molar-refractivity contribution is -0.147. The van der Waals surface area contributed by atoms with Crippen molar-refractivity contribution in [3.05, 3.63) is 0 Å². The molecule has 0 saturated heterocycles. The van der Waals surface area contributed by atoms with Crippen molar-refractivity contribution in [2.45, 2.75) is 32.3 Å². The number of carboxylic acid groups (broad SMARTS) is 1. The number of carboxylic acids is 1. The Morgan fingerprint density at radius 1 is 1.46 bits per heavy atom. The summed E-state index contributed by atoms with van der Waals surface area (Å²) >= 11 is 0. The molecule has 0 rings (SSSR count). The van der Waals surface area contributed by atoms with E-state index in [1.54, 1.807) is 0 Å². The third-order valence-corrected chi connectivity index (χ3v) is 1.26. The van der Waals surface area contributed by atoms with Crippen LogP contribution < -0.4 is 0 Å². The number of hydrogen-bond acceptors (Lipinski definition) is 4. The van der Waals surface area contributed by atoms with Crippen molar-refractivity contribution in [3.8, 4) is 0 Å². The lowest BCUT2D eigenvalue weighted by atomic mass is 10.3. The normalized spacial score (nSPS) is 12.2. The quantitative estimate of drug-likeness (QED) is 0.460. The van der Waals surface area contributed by atoms with E-state index in [2.05, 4.69) is 4.74 Å². The molecular weight excluding hydrogens is 176 g/mol. The minimum Gasteiger partial charge on any atom is -0.481 e. The maximum Gasteiger partial charge on any atom is 0.308 e. The average molecular weight is 190 g/mol. The standard InChI is InChI=1S/C8H14O5/c1-6(9)5-8(12)13-4-2-3-7(10)11/h6,9H,2-5H2,1H3,(H,10,11)/t6-/m1/s1. The topological polar surface area (TPSA) is 83.8 Å². The van der Waals surface area contributed by atoms with Gasteiger partial charge in [-0.2, -0.15) is 0 Å². The van der Waals surface area contributed by atoms with E-state index in [1.165, 1.54) is 6.92 Å². The fourth-order valence-electron chi connectivity index (χ4n) is 0.710. The van der Waals surface area contributed by atoms with E-state index < -0.39 is 18.0 Å². The van der Waals surface area contributed by atoms with Gasteiger partial charge in [0.15, 0.2) is 0 Å². The summed E-state index contributed by atoms with van der Waals surface area (Å²) in [6, 6.07) is 0. The molecule has 0 bridgehead atoms. The highest BCUT2D eigenvalue weighted by Gasteiger charge is 2.06. The number of rotatable bonds is 6. The van der Waals surface area contributed by atoms with E-state index in [1.807, 2.05) is 0 Å². The number of esters is 1. The molecule has 5 heteroatoms. The zero-order valence-electron chi connectivity index (χ0n) is 7.52. The van der Waals surface area contributed by atoms with Gasteiger partial charge in [-0.1, -0.05) is 0 Å². The van der Waals surface area contributed by atoms with Gasteiger partial charge in [0.2, 0.25) is 0 Å². The summed E-state index contributed by atoms with van der Waals surface area (Å²) in [5, 5.41) is 17.0. The summed E-state index contributed by atoms with van der Waals surface area (Å²) in [6.07, 6.45) is -0.470. The van der Waals surface area contributed by atoms with Crippen molar-refractivity contribution >= 4 is 11.9 Å². The predicted octanol–water partition coefficient (Wildman–Crippen LogP) is 0.165. The van der Waals surface area contributed by atoms with Crippen LogP contribution in [0.4, 0.5) is 0 Å². The summed E-state index contributed by atoms with van der Waals surface area (Å²) in [6.45, 7) is 1.58. The minimum absolute atomic E-state index is 0.0119. The SMILES string of the molecule is C[C@@H](O)CC(=O)OCCCC(=O)O. The molecule has 0 unspecified atom stereocenters. The van der Waals surface area contributed by atoms with Gasteiger partial charge in [0.05, 0.1) is 19.1 Å². The molecule has 0 aromatic heterocycles. The summed E-state index contributed by atoms with van der Waals surface area (Å²) < 4.78 is 4.64. The molecular formula is C8H14O5. The summed E-state index contributed by atoms with van der Waals surface area (Å²) in [5.74, 6) is -1.41. The van der Waals surface area contributed by atoms with Crippen molar-refractivity contribution in [2.75, 3.05) is 6.61 Å². The molecule has 0 aliphatic carbocycles. The van der Waals surface area contributed by atoms with Gasteiger partial charge in [-0.15, -0.1) is 0 Å². The summed E-state index contributed by atoms with van der Waals surface area (Å²) in [7, 11) is 0. The molecule has 0 spiro atoms. The Kier molecular flexibility index (Phi) is 5.88. The number of aliphatic carboxylic acids is 1. The monoisotopic (exact) mass is 190 g/mol. The lowest BCUT2D eigenvalue weighted by Crippen LogP contribution is -2.13. The van der Waals surface area contributed by atoms with E-state index in [4.69, 9.17) is 10.2 Å². The van der Waals surface area contributed by atoms with Gasteiger partial charge in [-0.05, 0) is 13.3 Å². The second-order valence-corrected chi connectivity index (χ2v) is 2.77. The first kappa shape index (κ1) is 11.9. The van der Waals surface area contributed by atoms with Gasteiger partial charge in [0, 0.05) is 6.42 Å². The van der Waals surface area contributed by atoms with Crippen LogP contribution in [0.2, 0.25) is 0 Å². The first-order chi connectivity index (χ1) is 6.02. The average Bonchev–Trinajstić information content (AvgIpc) is 1.96. The van der Waals surface area contributed by atoms with Crippen LogP contribution in [0.3, 0.4) is 0 Å². The van der Waals surface area contributed by atoms with Gasteiger partial charge in [-0.3, -0.25) is 9.59 Å². The first-order valence-corrected chi connectivity index (χ1v) is 4.08. The molecule has 2 N–H and O–H groups in total. The van der Waals surface area contributed by atoms with Crippen molar-refractivity contribution in [1.82, 2.24) is 0 Å². The zero-order valence-corrected chi connectivity index (χ0v) is 7.52. The fraction of sp³-hybridized carbons (Fsp3) is 0.750. The van der Waals surface area contributed by atoms with Crippen LogP contribution in [0.5, 0.6) is 0 Å². The molecule has 0 aromatic rings. The van der Waals surface area contributed by atoms with Crippen LogP contribution in [-0.4, -0.2) is 34.9 Å². The number of ether oxygens (including phenoxy) is 1.